The minimum atomic E-state index is -0.0857. The van der Waals surface area contributed by atoms with E-state index in [4.69, 9.17) is 4.74 Å². The number of aromatic nitrogens is 4. The van der Waals surface area contributed by atoms with Crippen LogP contribution in [0.2, 0.25) is 0 Å². The second kappa shape index (κ2) is 7.50. The molecule has 6 rings (SSSR count). The zero-order chi connectivity index (χ0) is 21.7. The Hall–Kier alpha value is -3.10. The number of nitrogens with one attached hydrogen (secondary N) is 1. The highest BCUT2D eigenvalue weighted by molar-refractivity contribution is 7.17. The van der Waals surface area contributed by atoms with Gasteiger partial charge < -0.3 is 10.1 Å². The number of benzene rings is 1. The molecule has 162 valence electrons. The second-order valence-electron chi connectivity index (χ2n) is 9.02. The fraction of sp³-hybridized carbons (Fsp3) is 0.333. The van der Waals surface area contributed by atoms with Gasteiger partial charge in [0.1, 0.15) is 11.4 Å². The number of ether oxygens (including phenoxy) is 1. The zero-order valence-corrected chi connectivity index (χ0v) is 18.6. The molecular formula is C24H23N5O2S. The molecule has 4 heterocycles. The lowest BCUT2D eigenvalue weighted by molar-refractivity contribution is -0.165. The molecule has 32 heavy (non-hydrogen) atoms. The molecule has 0 bridgehead atoms. The van der Waals surface area contributed by atoms with Gasteiger partial charge in [-0.2, -0.15) is 0 Å². The van der Waals surface area contributed by atoms with E-state index in [0.717, 1.165) is 59.5 Å². The minimum absolute atomic E-state index is 0.0857. The molecule has 1 N–H and O–H groups in total. The maximum absolute atomic E-state index is 12.9. The van der Waals surface area contributed by atoms with E-state index in [1.807, 2.05) is 30.8 Å². The molecule has 0 radical (unpaired) electrons. The molecule has 2 fully saturated rings. The Morgan fingerprint density at radius 3 is 2.75 bits per heavy atom. The van der Waals surface area contributed by atoms with E-state index in [1.54, 1.807) is 16.0 Å². The molecule has 1 aliphatic heterocycles. The van der Waals surface area contributed by atoms with Gasteiger partial charge in [0, 0.05) is 24.1 Å². The van der Waals surface area contributed by atoms with Gasteiger partial charge in [-0.25, -0.2) is 4.98 Å². The summed E-state index contributed by atoms with van der Waals surface area (Å²) in [5.41, 5.74) is 5.89. The Morgan fingerprint density at radius 1 is 1.25 bits per heavy atom. The summed E-state index contributed by atoms with van der Waals surface area (Å²) in [4.78, 5) is 17.6. The van der Waals surface area contributed by atoms with Gasteiger partial charge in [-0.05, 0) is 47.9 Å². The number of thiophene rings is 1. The van der Waals surface area contributed by atoms with E-state index in [0.29, 0.717) is 11.1 Å². The number of fused-ring (bicyclic) bond motifs is 1. The molecule has 8 heteroatoms. The predicted octanol–water partition coefficient (Wildman–Crippen LogP) is 3.59. The van der Waals surface area contributed by atoms with E-state index in [9.17, 15) is 4.79 Å². The summed E-state index contributed by atoms with van der Waals surface area (Å²) in [5.74, 6) is -0.0857. The summed E-state index contributed by atoms with van der Waals surface area (Å²) in [6.45, 7) is 1.66. The average Bonchev–Trinajstić information content (AvgIpc) is 3.38. The van der Waals surface area contributed by atoms with Gasteiger partial charge in [0.25, 0.3) is 5.91 Å². The lowest BCUT2D eigenvalue weighted by atomic mass is 9.64. The zero-order valence-electron chi connectivity index (χ0n) is 17.7. The van der Waals surface area contributed by atoms with Crippen LogP contribution in [0.1, 0.15) is 34.5 Å². The molecular weight excluding hydrogens is 422 g/mol. The molecule has 3 aromatic heterocycles. The van der Waals surface area contributed by atoms with Crippen LogP contribution in [-0.4, -0.2) is 45.1 Å². The van der Waals surface area contributed by atoms with Crippen LogP contribution in [0.5, 0.6) is 0 Å². The summed E-state index contributed by atoms with van der Waals surface area (Å²) >= 11 is 1.67. The highest BCUT2D eigenvalue weighted by Crippen LogP contribution is 2.46. The molecule has 2 aliphatic rings. The Labute approximate surface area is 189 Å². The van der Waals surface area contributed by atoms with Crippen LogP contribution in [-0.2, 0) is 18.2 Å². The van der Waals surface area contributed by atoms with Crippen LogP contribution >= 0.6 is 11.3 Å². The standard InChI is InChI=1S/C24H23N5O2S/c1-29-12-21(27-28-29)16-4-2-15(3-5-16)8-17-9-20(26-19-6-7-32-22(17)19)23(30)25-18-10-24(11-18)13-31-14-24/h2-7,9,12,18H,8,10-11,13-14H2,1H3,(H,25,30). The minimum Gasteiger partial charge on any atom is -0.380 e. The summed E-state index contributed by atoms with van der Waals surface area (Å²) in [6.07, 6.45) is 4.65. The van der Waals surface area contributed by atoms with Crippen molar-refractivity contribution in [2.75, 3.05) is 13.2 Å². The number of aryl methyl sites for hydroxylation is 1. The van der Waals surface area contributed by atoms with Crippen LogP contribution < -0.4 is 5.32 Å². The van der Waals surface area contributed by atoms with Crippen LogP contribution in [0.3, 0.4) is 0 Å². The monoisotopic (exact) mass is 445 g/mol. The molecule has 0 atom stereocenters. The largest absolute Gasteiger partial charge is 0.380 e. The topological polar surface area (TPSA) is 81.9 Å². The molecule has 7 nitrogen and oxygen atoms in total. The second-order valence-corrected chi connectivity index (χ2v) is 9.94. The molecule has 1 amide bonds. The smallest absolute Gasteiger partial charge is 0.270 e. The first-order chi connectivity index (χ1) is 15.6. The normalized spacial score (nSPS) is 17.3. The van der Waals surface area contributed by atoms with E-state index in [1.165, 1.54) is 5.56 Å². The van der Waals surface area contributed by atoms with Crippen molar-refractivity contribution in [3.05, 3.63) is 64.8 Å². The number of carbonyl (C=O) groups is 1. The lowest BCUT2D eigenvalue weighted by Crippen LogP contribution is -2.59. The Morgan fingerprint density at radius 2 is 2.06 bits per heavy atom. The molecule has 1 aliphatic carbocycles. The number of pyridine rings is 1. The summed E-state index contributed by atoms with van der Waals surface area (Å²) in [7, 11) is 1.86. The van der Waals surface area contributed by atoms with Gasteiger partial charge in [0.15, 0.2) is 0 Å². The van der Waals surface area contributed by atoms with Crippen molar-refractivity contribution in [2.24, 2.45) is 12.5 Å². The third-order valence-electron chi connectivity index (χ3n) is 6.48. The van der Waals surface area contributed by atoms with E-state index < -0.39 is 0 Å². The van der Waals surface area contributed by atoms with Gasteiger partial charge in [-0.15, -0.1) is 16.4 Å². The van der Waals surface area contributed by atoms with Crippen molar-refractivity contribution in [3.8, 4) is 11.3 Å². The third kappa shape index (κ3) is 3.49. The SMILES string of the molecule is Cn1cc(-c2ccc(Cc3cc(C(=O)NC4CC5(COC5)C4)nc4ccsc34)cc2)nn1. The summed E-state index contributed by atoms with van der Waals surface area (Å²) in [6, 6.07) is 12.5. The maximum Gasteiger partial charge on any atom is 0.270 e. The van der Waals surface area contributed by atoms with Gasteiger partial charge in [0.05, 0.1) is 29.6 Å². The number of hydrogen-bond donors (Lipinski definition) is 1. The highest BCUT2D eigenvalue weighted by atomic mass is 32.1. The van der Waals surface area contributed by atoms with Crippen LogP contribution in [0.15, 0.2) is 48.0 Å². The predicted molar refractivity (Wildman–Crippen MR) is 123 cm³/mol. The van der Waals surface area contributed by atoms with Gasteiger partial charge in [-0.1, -0.05) is 29.5 Å². The number of hydrogen-bond acceptors (Lipinski definition) is 6. The molecule has 1 aromatic carbocycles. The number of rotatable bonds is 5. The fourth-order valence-electron chi connectivity index (χ4n) is 4.74. The van der Waals surface area contributed by atoms with E-state index >= 15 is 0 Å². The number of nitrogens with zero attached hydrogens (tertiary/aromatic N) is 4. The average molecular weight is 446 g/mol. The third-order valence-corrected chi connectivity index (χ3v) is 7.46. The van der Waals surface area contributed by atoms with Gasteiger partial charge in [0.2, 0.25) is 0 Å². The van der Waals surface area contributed by atoms with Crippen LogP contribution in [0.4, 0.5) is 0 Å². The van der Waals surface area contributed by atoms with Crippen molar-refractivity contribution >= 4 is 27.5 Å². The van der Waals surface area contributed by atoms with Crippen molar-refractivity contribution in [1.29, 1.82) is 0 Å². The van der Waals surface area contributed by atoms with Crippen LogP contribution in [0.25, 0.3) is 21.5 Å². The van der Waals surface area contributed by atoms with Crippen LogP contribution in [0, 0.1) is 5.41 Å². The highest BCUT2D eigenvalue weighted by Gasteiger charge is 2.50. The van der Waals surface area contributed by atoms with E-state index in [2.05, 4.69) is 44.9 Å². The van der Waals surface area contributed by atoms with E-state index in [-0.39, 0.29) is 11.9 Å². The van der Waals surface area contributed by atoms with Gasteiger partial charge >= 0.3 is 0 Å². The quantitative estimate of drug-likeness (QED) is 0.508. The van der Waals surface area contributed by atoms with Gasteiger partial charge in [-0.3, -0.25) is 9.48 Å². The first kappa shape index (κ1) is 19.6. The summed E-state index contributed by atoms with van der Waals surface area (Å²) < 4.78 is 8.16. The molecule has 4 aromatic rings. The number of amides is 1. The Balaban J connectivity index is 1.22. The number of carbonyl (C=O) groups excluding carboxylic acids is 1. The fourth-order valence-corrected chi connectivity index (χ4v) is 5.59. The molecule has 0 unspecified atom stereocenters. The molecule has 1 saturated carbocycles. The molecule has 1 saturated heterocycles. The van der Waals surface area contributed by atoms with Crippen molar-refractivity contribution in [2.45, 2.75) is 25.3 Å². The van der Waals surface area contributed by atoms with Crippen molar-refractivity contribution in [1.82, 2.24) is 25.3 Å². The van der Waals surface area contributed by atoms with Crippen molar-refractivity contribution in [3.63, 3.8) is 0 Å². The first-order valence-electron chi connectivity index (χ1n) is 10.8. The Bertz CT molecular complexity index is 1300. The Kier molecular flexibility index (Phi) is 4.58. The maximum atomic E-state index is 12.9. The summed E-state index contributed by atoms with van der Waals surface area (Å²) in [5, 5.41) is 13.4. The molecule has 1 spiro atoms. The first-order valence-corrected chi connectivity index (χ1v) is 11.7. The lowest BCUT2D eigenvalue weighted by Gasteiger charge is -2.53. The van der Waals surface area contributed by atoms with Crippen molar-refractivity contribution < 1.29 is 9.53 Å².